The van der Waals surface area contributed by atoms with Gasteiger partial charge in [0.25, 0.3) is 0 Å². The average molecular weight is 287 g/mol. The first-order valence-electron chi connectivity index (χ1n) is 5.81. The van der Waals surface area contributed by atoms with Crippen molar-refractivity contribution in [3.05, 3.63) is 23.0 Å². The third-order valence-electron chi connectivity index (χ3n) is 3.26. The van der Waals surface area contributed by atoms with Crippen LogP contribution in [0.25, 0.3) is 0 Å². The van der Waals surface area contributed by atoms with E-state index in [0.717, 1.165) is 23.5 Å². The number of nitrogens with zero attached hydrogens (tertiary/aromatic N) is 2. The third-order valence-corrected chi connectivity index (χ3v) is 4.70. The molecule has 2 aliphatic rings. The van der Waals surface area contributed by atoms with Crippen molar-refractivity contribution in [3.8, 4) is 5.75 Å². The van der Waals surface area contributed by atoms with E-state index in [1.54, 1.807) is 11.8 Å². The van der Waals surface area contributed by atoms with E-state index >= 15 is 0 Å². The van der Waals surface area contributed by atoms with Crippen LogP contribution in [0.4, 0.5) is 10.1 Å². The maximum Gasteiger partial charge on any atom is 0.164 e. The molecule has 2 saturated heterocycles. The zero-order valence-electron chi connectivity index (χ0n) is 9.57. The standard InChI is InChI=1S/C12H12ClFN2OS/c13-8-4-9(14)10(5-11(8)17)15-12-16-3-1-2-7(16)6-18-12/h4-5,7,17H,1-3,6H2. The molecule has 2 fully saturated rings. The van der Waals surface area contributed by atoms with Crippen molar-refractivity contribution in [1.82, 2.24) is 4.90 Å². The van der Waals surface area contributed by atoms with Crippen LogP contribution in [0.1, 0.15) is 12.8 Å². The molecule has 18 heavy (non-hydrogen) atoms. The predicted molar refractivity (Wildman–Crippen MR) is 72.4 cm³/mol. The van der Waals surface area contributed by atoms with Crippen molar-refractivity contribution >= 4 is 34.2 Å². The summed E-state index contributed by atoms with van der Waals surface area (Å²) in [4.78, 5) is 6.53. The Morgan fingerprint density at radius 1 is 1.50 bits per heavy atom. The van der Waals surface area contributed by atoms with Gasteiger partial charge in [0.2, 0.25) is 0 Å². The lowest BCUT2D eigenvalue weighted by Gasteiger charge is -2.16. The number of phenolic OH excluding ortho intramolecular Hbond substituents is 1. The Morgan fingerprint density at radius 2 is 2.33 bits per heavy atom. The van der Waals surface area contributed by atoms with Crippen molar-refractivity contribution in [2.24, 2.45) is 4.99 Å². The quantitative estimate of drug-likeness (QED) is 0.860. The van der Waals surface area contributed by atoms with E-state index in [4.69, 9.17) is 11.6 Å². The number of phenols is 1. The fraction of sp³-hybridized carbons (Fsp3) is 0.417. The van der Waals surface area contributed by atoms with Crippen molar-refractivity contribution in [2.45, 2.75) is 18.9 Å². The minimum atomic E-state index is -0.506. The van der Waals surface area contributed by atoms with Crippen molar-refractivity contribution in [2.75, 3.05) is 12.3 Å². The number of thioether (sulfide) groups is 1. The van der Waals surface area contributed by atoms with E-state index in [1.807, 2.05) is 0 Å². The molecule has 2 aliphatic heterocycles. The molecular weight excluding hydrogens is 275 g/mol. The van der Waals surface area contributed by atoms with Crippen LogP contribution in [0.3, 0.4) is 0 Å². The van der Waals surface area contributed by atoms with Crippen LogP contribution in [-0.4, -0.2) is 33.5 Å². The minimum absolute atomic E-state index is 0.00886. The number of fused-ring (bicyclic) bond motifs is 1. The molecule has 1 atom stereocenters. The van der Waals surface area contributed by atoms with Gasteiger partial charge in [-0.2, -0.15) is 0 Å². The fourth-order valence-corrected chi connectivity index (χ4v) is 3.73. The number of halogens is 2. The van der Waals surface area contributed by atoms with E-state index in [0.29, 0.717) is 6.04 Å². The molecule has 0 spiro atoms. The highest BCUT2D eigenvalue weighted by Crippen LogP contribution is 2.36. The van der Waals surface area contributed by atoms with Crippen molar-refractivity contribution < 1.29 is 9.50 Å². The van der Waals surface area contributed by atoms with E-state index < -0.39 is 5.82 Å². The Bertz CT molecular complexity index is 523. The van der Waals surface area contributed by atoms with E-state index in [-0.39, 0.29) is 16.5 Å². The monoisotopic (exact) mass is 286 g/mol. The topological polar surface area (TPSA) is 35.8 Å². The summed E-state index contributed by atoms with van der Waals surface area (Å²) in [6.45, 7) is 0.984. The first kappa shape index (κ1) is 12.1. The van der Waals surface area contributed by atoms with Crippen LogP contribution < -0.4 is 0 Å². The van der Waals surface area contributed by atoms with Crippen molar-refractivity contribution in [3.63, 3.8) is 0 Å². The van der Waals surface area contributed by atoms with Crippen molar-refractivity contribution in [1.29, 1.82) is 0 Å². The zero-order valence-corrected chi connectivity index (χ0v) is 11.1. The van der Waals surface area contributed by atoms with Gasteiger partial charge in [-0.15, -0.1) is 0 Å². The molecule has 0 bridgehead atoms. The second kappa shape index (κ2) is 4.63. The van der Waals surface area contributed by atoms with Gasteiger partial charge >= 0.3 is 0 Å². The maximum absolute atomic E-state index is 13.7. The Labute approximate surface area is 114 Å². The summed E-state index contributed by atoms with van der Waals surface area (Å²) < 4.78 is 13.7. The van der Waals surface area contributed by atoms with Crippen LogP contribution in [0.15, 0.2) is 17.1 Å². The van der Waals surface area contributed by atoms with Gasteiger partial charge in [-0.25, -0.2) is 9.38 Å². The number of amidine groups is 1. The average Bonchev–Trinajstić information content (AvgIpc) is 2.90. The first-order chi connectivity index (χ1) is 8.65. The number of hydrogen-bond donors (Lipinski definition) is 1. The Kier molecular flexibility index (Phi) is 3.11. The SMILES string of the molecule is Oc1cc(N=C2SCC3CCCN23)c(F)cc1Cl. The molecule has 0 aromatic heterocycles. The van der Waals surface area contributed by atoms with E-state index in [1.165, 1.54) is 18.9 Å². The summed E-state index contributed by atoms with van der Waals surface area (Å²) in [6.07, 6.45) is 2.35. The summed E-state index contributed by atoms with van der Waals surface area (Å²) in [5.74, 6) is 0.368. The molecule has 1 aromatic rings. The van der Waals surface area contributed by atoms with Gasteiger partial charge in [0.1, 0.15) is 11.4 Å². The summed E-state index contributed by atoms with van der Waals surface area (Å²) in [6, 6.07) is 2.91. The number of rotatable bonds is 1. The fourth-order valence-electron chi connectivity index (χ4n) is 2.33. The molecule has 3 rings (SSSR count). The molecule has 0 aliphatic carbocycles. The number of hydrogen-bond acceptors (Lipinski definition) is 3. The Hall–Kier alpha value is -0.940. The van der Waals surface area contributed by atoms with E-state index in [2.05, 4.69) is 9.89 Å². The molecule has 2 heterocycles. The van der Waals surface area contributed by atoms with Crippen LogP contribution in [0, 0.1) is 5.82 Å². The lowest BCUT2D eigenvalue weighted by Crippen LogP contribution is -2.27. The molecule has 0 radical (unpaired) electrons. The zero-order chi connectivity index (χ0) is 12.7. The van der Waals surface area contributed by atoms with Gasteiger partial charge in [-0.05, 0) is 18.9 Å². The second-order valence-electron chi connectivity index (χ2n) is 4.45. The summed E-state index contributed by atoms with van der Waals surface area (Å²) >= 11 is 7.28. The van der Waals surface area contributed by atoms with Gasteiger partial charge in [0.15, 0.2) is 11.0 Å². The number of benzene rings is 1. The summed E-state index contributed by atoms with van der Waals surface area (Å²) in [5.41, 5.74) is 0.145. The van der Waals surface area contributed by atoms with Gasteiger partial charge < -0.3 is 10.0 Å². The molecule has 6 heteroatoms. The smallest absolute Gasteiger partial charge is 0.164 e. The van der Waals surface area contributed by atoms with Gasteiger partial charge in [0, 0.05) is 24.4 Å². The minimum Gasteiger partial charge on any atom is -0.506 e. The van der Waals surface area contributed by atoms with Gasteiger partial charge in [-0.1, -0.05) is 23.4 Å². The Balaban J connectivity index is 1.94. The molecule has 1 aromatic carbocycles. The second-order valence-corrected chi connectivity index (χ2v) is 5.84. The first-order valence-corrected chi connectivity index (χ1v) is 7.17. The lowest BCUT2D eigenvalue weighted by atomic mass is 10.2. The lowest BCUT2D eigenvalue weighted by molar-refractivity contribution is 0.439. The molecule has 0 amide bonds. The molecule has 1 N–H and O–H groups in total. The predicted octanol–water partition coefficient (Wildman–Crippen LogP) is 3.38. The Morgan fingerprint density at radius 3 is 3.17 bits per heavy atom. The third kappa shape index (κ3) is 2.06. The largest absolute Gasteiger partial charge is 0.506 e. The van der Waals surface area contributed by atoms with Crippen LogP contribution >= 0.6 is 23.4 Å². The number of aromatic hydroxyl groups is 1. The van der Waals surface area contributed by atoms with Gasteiger partial charge in [-0.3, -0.25) is 0 Å². The maximum atomic E-state index is 13.7. The normalized spacial score (nSPS) is 24.9. The summed E-state index contributed by atoms with van der Waals surface area (Å²) in [5, 5.41) is 10.4. The molecule has 1 unspecified atom stereocenters. The van der Waals surface area contributed by atoms with Gasteiger partial charge in [0.05, 0.1) is 5.02 Å². The van der Waals surface area contributed by atoms with Crippen LogP contribution in [0.2, 0.25) is 5.02 Å². The highest BCUT2D eigenvalue weighted by molar-refractivity contribution is 8.14. The highest BCUT2D eigenvalue weighted by atomic mass is 35.5. The van der Waals surface area contributed by atoms with Crippen LogP contribution in [-0.2, 0) is 0 Å². The molecule has 0 saturated carbocycles. The molecular formula is C12H12ClFN2OS. The molecule has 3 nitrogen and oxygen atoms in total. The number of aliphatic imine (C=N–C) groups is 1. The van der Waals surface area contributed by atoms with E-state index in [9.17, 15) is 9.50 Å². The molecule has 96 valence electrons. The summed E-state index contributed by atoms with van der Waals surface area (Å²) in [7, 11) is 0. The highest BCUT2D eigenvalue weighted by Gasteiger charge is 2.33. The van der Waals surface area contributed by atoms with Crippen LogP contribution in [0.5, 0.6) is 5.75 Å².